The van der Waals surface area contributed by atoms with E-state index in [9.17, 15) is 0 Å². The van der Waals surface area contributed by atoms with Crippen LogP contribution in [0, 0.1) is 0 Å². The van der Waals surface area contributed by atoms with Crippen LogP contribution in [0.5, 0.6) is 0 Å². The van der Waals surface area contributed by atoms with Crippen LogP contribution in [0.15, 0.2) is 12.4 Å². The Hall–Kier alpha value is -0.910. The quantitative estimate of drug-likeness (QED) is 0.705. The van der Waals surface area contributed by atoms with Crippen LogP contribution in [-0.2, 0) is 7.05 Å². The van der Waals surface area contributed by atoms with Crippen molar-refractivity contribution in [1.29, 1.82) is 0 Å². The lowest BCUT2D eigenvalue weighted by Gasteiger charge is -2.29. The molecular weight excluding hydrogens is 192 g/mol. The Bertz CT molecular complexity index is 297. The van der Waals surface area contributed by atoms with Gasteiger partial charge in [0.2, 0.25) is 0 Å². The molecule has 0 saturated carbocycles. The highest BCUT2D eigenvalue weighted by atomic mass is 16.3. The summed E-state index contributed by atoms with van der Waals surface area (Å²) in [6, 6.07) is 0.108. The van der Waals surface area contributed by atoms with Crippen LogP contribution in [0.1, 0.15) is 18.5 Å². The minimum atomic E-state index is 0.00532. The molecular formula is C10H20N4O. The highest BCUT2D eigenvalue weighted by molar-refractivity contribution is 5.12. The molecule has 1 rings (SSSR count). The summed E-state index contributed by atoms with van der Waals surface area (Å²) in [5.74, 6) is 0. The predicted molar refractivity (Wildman–Crippen MR) is 59.3 cm³/mol. The summed E-state index contributed by atoms with van der Waals surface area (Å²) in [6.45, 7) is 2.71. The topological polar surface area (TPSA) is 67.3 Å². The van der Waals surface area contributed by atoms with Gasteiger partial charge in [0.25, 0.3) is 0 Å². The fourth-order valence-corrected chi connectivity index (χ4v) is 1.85. The zero-order chi connectivity index (χ0) is 11.4. The third kappa shape index (κ3) is 3.02. The van der Waals surface area contributed by atoms with E-state index in [0.29, 0.717) is 6.54 Å². The molecule has 1 aromatic rings. The van der Waals surface area contributed by atoms with Gasteiger partial charge in [0.05, 0.1) is 18.8 Å². The van der Waals surface area contributed by atoms with Gasteiger partial charge in [-0.3, -0.25) is 9.58 Å². The number of aromatic nitrogens is 2. The average molecular weight is 212 g/mol. The van der Waals surface area contributed by atoms with Crippen LogP contribution in [-0.4, -0.2) is 46.0 Å². The van der Waals surface area contributed by atoms with Crippen molar-refractivity contribution in [2.24, 2.45) is 12.8 Å². The molecule has 86 valence electrons. The summed E-state index contributed by atoms with van der Waals surface area (Å²) in [4.78, 5) is 2.04. The fraction of sp³-hybridized carbons (Fsp3) is 0.700. The standard InChI is InChI=1S/C10H20N4O/c1-8(11)10(13(2)4-5-15)9-6-12-14(3)7-9/h6-8,10,15H,4-5,11H2,1-3H3. The molecule has 3 N–H and O–H groups in total. The van der Waals surface area contributed by atoms with Gasteiger partial charge >= 0.3 is 0 Å². The van der Waals surface area contributed by atoms with E-state index in [-0.39, 0.29) is 18.7 Å². The molecule has 0 aliphatic carbocycles. The van der Waals surface area contributed by atoms with Crippen molar-refractivity contribution in [2.45, 2.75) is 19.0 Å². The highest BCUT2D eigenvalue weighted by Crippen LogP contribution is 2.20. The number of hydrogen-bond donors (Lipinski definition) is 2. The van der Waals surface area contributed by atoms with Gasteiger partial charge in [-0.1, -0.05) is 0 Å². The van der Waals surface area contributed by atoms with Crippen molar-refractivity contribution in [1.82, 2.24) is 14.7 Å². The van der Waals surface area contributed by atoms with Crippen molar-refractivity contribution in [3.8, 4) is 0 Å². The normalized spacial score (nSPS) is 15.6. The monoisotopic (exact) mass is 212 g/mol. The second-order valence-electron chi connectivity index (χ2n) is 3.96. The lowest BCUT2D eigenvalue weighted by atomic mass is 10.0. The van der Waals surface area contributed by atoms with Crippen molar-refractivity contribution in [2.75, 3.05) is 20.2 Å². The number of nitrogens with two attached hydrogens (primary N) is 1. The zero-order valence-corrected chi connectivity index (χ0v) is 9.59. The number of aliphatic hydroxyl groups excluding tert-OH is 1. The molecule has 0 saturated heterocycles. The van der Waals surface area contributed by atoms with E-state index in [0.717, 1.165) is 5.56 Å². The van der Waals surface area contributed by atoms with Crippen LogP contribution in [0.4, 0.5) is 0 Å². The number of aryl methyl sites for hydroxylation is 1. The van der Waals surface area contributed by atoms with Crippen molar-refractivity contribution in [3.05, 3.63) is 18.0 Å². The van der Waals surface area contributed by atoms with Crippen LogP contribution < -0.4 is 5.73 Å². The van der Waals surface area contributed by atoms with E-state index >= 15 is 0 Å². The first kappa shape index (κ1) is 12.2. The Balaban J connectivity index is 2.82. The van der Waals surface area contributed by atoms with Gasteiger partial charge in [-0.25, -0.2) is 0 Å². The minimum Gasteiger partial charge on any atom is -0.395 e. The van der Waals surface area contributed by atoms with Gasteiger partial charge in [0.15, 0.2) is 0 Å². The second-order valence-corrected chi connectivity index (χ2v) is 3.96. The zero-order valence-electron chi connectivity index (χ0n) is 9.59. The van der Waals surface area contributed by atoms with Crippen LogP contribution >= 0.6 is 0 Å². The molecule has 0 radical (unpaired) electrons. The molecule has 5 nitrogen and oxygen atoms in total. The number of aliphatic hydroxyl groups is 1. The number of rotatable bonds is 5. The molecule has 0 aliphatic rings. The molecule has 1 aromatic heterocycles. The molecule has 0 amide bonds. The SMILES string of the molecule is CC(N)C(c1cnn(C)c1)N(C)CCO. The molecule has 0 aliphatic heterocycles. The van der Waals surface area contributed by atoms with Crippen molar-refractivity contribution >= 4 is 0 Å². The van der Waals surface area contributed by atoms with Gasteiger partial charge in [-0.15, -0.1) is 0 Å². The van der Waals surface area contributed by atoms with Gasteiger partial charge < -0.3 is 10.8 Å². The summed E-state index contributed by atoms with van der Waals surface area (Å²) in [6.07, 6.45) is 3.78. The molecule has 2 unspecified atom stereocenters. The number of likely N-dealkylation sites (N-methyl/N-ethyl adjacent to an activating group) is 1. The molecule has 0 bridgehead atoms. The number of nitrogens with zero attached hydrogens (tertiary/aromatic N) is 3. The Morgan fingerprint density at radius 3 is 2.73 bits per heavy atom. The number of hydrogen-bond acceptors (Lipinski definition) is 4. The first-order valence-corrected chi connectivity index (χ1v) is 5.11. The lowest BCUT2D eigenvalue weighted by molar-refractivity contribution is 0.167. The molecule has 5 heteroatoms. The van der Waals surface area contributed by atoms with E-state index < -0.39 is 0 Å². The van der Waals surface area contributed by atoms with Crippen molar-refractivity contribution < 1.29 is 5.11 Å². The van der Waals surface area contributed by atoms with E-state index in [1.807, 2.05) is 38.3 Å². The largest absolute Gasteiger partial charge is 0.395 e. The summed E-state index contributed by atoms with van der Waals surface area (Å²) < 4.78 is 1.76. The van der Waals surface area contributed by atoms with E-state index in [2.05, 4.69) is 5.10 Å². The summed E-state index contributed by atoms with van der Waals surface area (Å²) in [5.41, 5.74) is 7.04. The van der Waals surface area contributed by atoms with Gasteiger partial charge in [-0.2, -0.15) is 5.10 Å². The molecule has 0 spiro atoms. The van der Waals surface area contributed by atoms with Gasteiger partial charge in [0, 0.05) is 31.4 Å². The fourth-order valence-electron chi connectivity index (χ4n) is 1.85. The maximum atomic E-state index is 8.92. The first-order chi connectivity index (χ1) is 7.06. The van der Waals surface area contributed by atoms with Crippen LogP contribution in [0.3, 0.4) is 0 Å². The minimum absolute atomic E-state index is 0.00532. The molecule has 15 heavy (non-hydrogen) atoms. The summed E-state index contributed by atoms with van der Waals surface area (Å²) in [5, 5.41) is 13.1. The molecule has 2 atom stereocenters. The third-order valence-corrected chi connectivity index (χ3v) is 2.49. The van der Waals surface area contributed by atoms with Gasteiger partial charge in [0.1, 0.15) is 0 Å². The van der Waals surface area contributed by atoms with Crippen LogP contribution in [0.25, 0.3) is 0 Å². The predicted octanol–water partition coefficient (Wildman–Crippen LogP) is -0.267. The summed E-state index contributed by atoms with van der Waals surface area (Å²) >= 11 is 0. The highest BCUT2D eigenvalue weighted by Gasteiger charge is 2.21. The Labute approximate surface area is 90.5 Å². The van der Waals surface area contributed by atoms with Crippen LogP contribution in [0.2, 0.25) is 0 Å². The molecule has 1 heterocycles. The van der Waals surface area contributed by atoms with E-state index in [1.165, 1.54) is 0 Å². The second kappa shape index (κ2) is 5.25. The smallest absolute Gasteiger partial charge is 0.0558 e. The molecule has 0 fully saturated rings. The Morgan fingerprint density at radius 2 is 2.33 bits per heavy atom. The van der Waals surface area contributed by atoms with Crippen molar-refractivity contribution in [3.63, 3.8) is 0 Å². The average Bonchev–Trinajstić information content (AvgIpc) is 2.51. The Kier molecular flexibility index (Phi) is 4.26. The Morgan fingerprint density at radius 1 is 1.67 bits per heavy atom. The lowest BCUT2D eigenvalue weighted by Crippen LogP contribution is -2.38. The maximum Gasteiger partial charge on any atom is 0.0558 e. The van der Waals surface area contributed by atoms with E-state index in [1.54, 1.807) is 4.68 Å². The first-order valence-electron chi connectivity index (χ1n) is 5.11. The third-order valence-electron chi connectivity index (χ3n) is 2.49. The maximum absolute atomic E-state index is 8.92. The summed E-state index contributed by atoms with van der Waals surface area (Å²) in [7, 11) is 3.84. The molecule has 0 aromatic carbocycles. The van der Waals surface area contributed by atoms with E-state index in [4.69, 9.17) is 10.8 Å². The van der Waals surface area contributed by atoms with Gasteiger partial charge in [-0.05, 0) is 14.0 Å².